The molecule has 2 rings (SSSR count). The molecule has 1 aliphatic heterocycles. The Bertz CT molecular complexity index is 495. The number of aromatic amines is 1. The smallest absolute Gasteiger partial charge is 0.259 e. The highest BCUT2D eigenvalue weighted by Crippen LogP contribution is 2.20. The summed E-state index contributed by atoms with van der Waals surface area (Å²) in [4.78, 5) is 28.5. The van der Waals surface area contributed by atoms with Crippen molar-refractivity contribution in [2.75, 3.05) is 19.7 Å². The van der Waals surface area contributed by atoms with Crippen molar-refractivity contribution in [1.29, 1.82) is 0 Å². The van der Waals surface area contributed by atoms with Gasteiger partial charge in [-0.1, -0.05) is 0 Å². The van der Waals surface area contributed by atoms with E-state index in [2.05, 4.69) is 4.98 Å². The van der Waals surface area contributed by atoms with Crippen LogP contribution < -0.4 is 5.43 Å². The van der Waals surface area contributed by atoms with Crippen molar-refractivity contribution >= 4 is 5.91 Å². The van der Waals surface area contributed by atoms with Gasteiger partial charge >= 0.3 is 0 Å². The molecule has 0 radical (unpaired) electrons. The Balaban J connectivity index is 2.10. The first-order valence-electron chi connectivity index (χ1n) is 6.21. The van der Waals surface area contributed by atoms with Crippen molar-refractivity contribution in [1.82, 2.24) is 9.88 Å². The number of nitrogens with one attached hydrogen (secondary N) is 1. The Morgan fingerprint density at radius 2 is 2.39 bits per heavy atom. The summed E-state index contributed by atoms with van der Waals surface area (Å²) in [6.45, 7) is 3.23. The summed E-state index contributed by atoms with van der Waals surface area (Å²) >= 11 is 0. The molecule has 1 saturated heterocycles. The fourth-order valence-electron chi connectivity index (χ4n) is 2.35. The first-order valence-corrected chi connectivity index (χ1v) is 6.21. The van der Waals surface area contributed by atoms with Gasteiger partial charge in [-0.15, -0.1) is 0 Å². The van der Waals surface area contributed by atoms with Gasteiger partial charge in [0.05, 0.1) is 0 Å². The van der Waals surface area contributed by atoms with Crippen LogP contribution in [0.15, 0.2) is 17.1 Å². The van der Waals surface area contributed by atoms with E-state index in [1.54, 1.807) is 11.8 Å². The number of likely N-dealkylation sites (tertiary alicyclic amines) is 1. The number of aliphatic hydroxyl groups excluding tert-OH is 1. The van der Waals surface area contributed by atoms with Gasteiger partial charge in [0.15, 0.2) is 5.43 Å². The maximum Gasteiger partial charge on any atom is 0.259 e. The van der Waals surface area contributed by atoms with Crippen LogP contribution in [0.25, 0.3) is 0 Å². The van der Waals surface area contributed by atoms with Gasteiger partial charge in [-0.25, -0.2) is 0 Å². The summed E-state index contributed by atoms with van der Waals surface area (Å²) in [5, 5.41) is 8.88. The summed E-state index contributed by atoms with van der Waals surface area (Å²) in [7, 11) is 0. The molecule has 1 aliphatic rings. The predicted molar refractivity (Wildman–Crippen MR) is 67.5 cm³/mol. The van der Waals surface area contributed by atoms with Crippen LogP contribution in [0.5, 0.6) is 0 Å². The number of aliphatic hydroxyl groups is 1. The van der Waals surface area contributed by atoms with Gasteiger partial charge in [-0.2, -0.15) is 0 Å². The third-order valence-electron chi connectivity index (χ3n) is 3.40. The van der Waals surface area contributed by atoms with Crippen molar-refractivity contribution in [3.8, 4) is 0 Å². The van der Waals surface area contributed by atoms with Crippen molar-refractivity contribution in [3.05, 3.63) is 33.7 Å². The van der Waals surface area contributed by atoms with Crippen LogP contribution in [-0.2, 0) is 0 Å². The molecular formula is C13H18N2O3. The molecule has 1 fully saturated rings. The van der Waals surface area contributed by atoms with Gasteiger partial charge < -0.3 is 15.0 Å². The molecule has 1 aromatic rings. The Kier molecular flexibility index (Phi) is 3.81. The Hall–Kier alpha value is -1.62. The van der Waals surface area contributed by atoms with Crippen LogP contribution in [0.4, 0.5) is 0 Å². The predicted octanol–water partition coefficient (Wildman–Crippen LogP) is 0.528. The van der Waals surface area contributed by atoms with Crippen molar-refractivity contribution in [2.24, 2.45) is 5.92 Å². The second-order valence-corrected chi connectivity index (χ2v) is 4.81. The Morgan fingerprint density at radius 3 is 3.06 bits per heavy atom. The van der Waals surface area contributed by atoms with Gasteiger partial charge in [0, 0.05) is 37.7 Å². The lowest BCUT2D eigenvalue weighted by Gasteiger charge is -2.16. The highest BCUT2D eigenvalue weighted by molar-refractivity contribution is 5.94. The lowest BCUT2D eigenvalue weighted by molar-refractivity contribution is 0.0783. The highest BCUT2D eigenvalue weighted by atomic mass is 16.3. The topological polar surface area (TPSA) is 73.4 Å². The number of hydrogen-bond donors (Lipinski definition) is 2. The number of nitrogens with zero attached hydrogens (tertiary/aromatic N) is 1. The Labute approximate surface area is 105 Å². The second kappa shape index (κ2) is 5.35. The number of carbonyl (C=O) groups is 1. The standard InChI is InChI=1S/C13H18N2O3/c1-9-6-12(17)11(7-14-9)13(18)15-4-2-10(8-15)3-5-16/h6-7,10,16H,2-5,8H2,1H3,(H,14,17). The molecule has 5 nitrogen and oxygen atoms in total. The molecule has 0 aliphatic carbocycles. The molecule has 0 spiro atoms. The maximum absolute atomic E-state index is 12.2. The lowest BCUT2D eigenvalue weighted by Crippen LogP contribution is -2.32. The number of pyridine rings is 1. The molecule has 0 aromatic carbocycles. The van der Waals surface area contributed by atoms with E-state index in [0.717, 1.165) is 12.1 Å². The summed E-state index contributed by atoms with van der Waals surface area (Å²) in [6, 6.07) is 1.44. The minimum Gasteiger partial charge on any atom is -0.396 e. The van der Waals surface area contributed by atoms with Crippen molar-refractivity contribution in [3.63, 3.8) is 0 Å². The first kappa shape index (κ1) is 12.8. The second-order valence-electron chi connectivity index (χ2n) is 4.81. The van der Waals surface area contributed by atoms with Gasteiger partial charge in [0.25, 0.3) is 5.91 Å². The minimum absolute atomic E-state index is 0.151. The zero-order valence-electron chi connectivity index (χ0n) is 10.5. The summed E-state index contributed by atoms with van der Waals surface area (Å²) in [5.41, 5.74) is 0.711. The number of aromatic nitrogens is 1. The van der Waals surface area contributed by atoms with Crippen LogP contribution >= 0.6 is 0 Å². The number of carbonyl (C=O) groups excluding carboxylic acids is 1. The van der Waals surface area contributed by atoms with E-state index in [9.17, 15) is 9.59 Å². The molecule has 2 heterocycles. The highest BCUT2D eigenvalue weighted by Gasteiger charge is 2.27. The average Bonchev–Trinajstić information content (AvgIpc) is 2.77. The zero-order chi connectivity index (χ0) is 13.1. The van der Waals surface area contributed by atoms with Crippen LogP contribution in [0, 0.1) is 12.8 Å². The quantitative estimate of drug-likeness (QED) is 0.821. The Morgan fingerprint density at radius 1 is 1.61 bits per heavy atom. The van der Waals surface area contributed by atoms with Crippen LogP contribution in [0.2, 0.25) is 0 Å². The van der Waals surface area contributed by atoms with E-state index >= 15 is 0 Å². The molecule has 0 saturated carbocycles. The minimum atomic E-state index is -0.234. The number of amides is 1. The van der Waals surface area contributed by atoms with E-state index in [4.69, 9.17) is 5.11 Å². The third-order valence-corrected chi connectivity index (χ3v) is 3.40. The van der Waals surface area contributed by atoms with Crippen LogP contribution in [0.3, 0.4) is 0 Å². The summed E-state index contributed by atoms with van der Waals surface area (Å²) in [5.74, 6) is 0.139. The van der Waals surface area contributed by atoms with Crippen molar-refractivity contribution < 1.29 is 9.90 Å². The normalized spacial score (nSPS) is 19.2. The van der Waals surface area contributed by atoms with Crippen LogP contribution in [-0.4, -0.2) is 40.6 Å². The average molecular weight is 250 g/mol. The molecule has 5 heteroatoms. The summed E-state index contributed by atoms with van der Waals surface area (Å²) in [6.07, 6.45) is 3.10. The third kappa shape index (κ3) is 2.61. The molecule has 1 amide bonds. The molecule has 1 atom stereocenters. The SMILES string of the molecule is Cc1cc(=O)c(C(=O)N2CCC(CCO)C2)c[nH]1. The van der Waals surface area contributed by atoms with Crippen molar-refractivity contribution in [2.45, 2.75) is 19.8 Å². The number of rotatable bonds is 3. The van der Waals surface area contributed by atoms with Gasteiger partial charge in [-0.05, 0) is 25.7 Å². The molecule has 0 bridgehead atoms. The number of aryl methyl sites for hydroxylation is 1. The maximum atomic E-state index is 12.2. The fourth-order valence-corrected chi connectivity index (χ4v) is 2.35. The van der Waals surface area contributed by atoms with Gasteiger partial charge in [0.2, 0.25) is 0 Å². The van der Waals surface area contributed by atoms with Gasteiger partial charge in [0.1, 0.15) is 5.56 Å². The summed E-state index contributed by atoms with van der Waals surface area (Å²) < 4.78 is 0. The van der Waals surface area contributed by atoms with Gasteiger partial charge in [-0.3, -0.25) is 9.59 Å². The largest absolute Gasteiger partial charge is 0.396 e. The monoisotopic (exact) mass is 250 g/mol. The van der Waals surface area contributed by atoms with Crippen LogP contribution in [0.1, 0.15) is 28.9 Å². The fraction of sp³-hybridized carbons (Fsp3) is 0.538. The van der Waals surface area contributed by atoms with E-state index in [1.807, 2.05) is 0 Å². The molecule has 98 valence electrons. The lowest BCUT2D eigenvalue weighted by atomic mass is 10.1. The van der Waals surface area contributed by atoms with E-state index < -0.39 is 0 Å². The molecule has 1 unspecified atom stereocenters. The molecule has 18 heavy (non-hydrogen) atoms. The zero-order valence-corrected chi connectivity index (χ0v) is 10.5. The molecule has 2 N–H and O–H groups in total. The molecular weight excluding hydrogens is 232 g/mol. The van der Waals surface area contributed by atoms with E-state index in [1.165, 1.54) is 12.3 Å². The van der Waals surface area contributed by atoms with E-state index in [-0.39, 0.29) is 23.5 Å². The first-order chi connectivity index (χ1) is 8.61. The number of H-pyrrole nitrogens is 1. The number of hydrogen-bond acceptors (Lipinski definition) is 3. The van der Waals surface area contributed by atoms with E-state index in [0.29, 0.717) is 25.4 Å². The molecule has 1 aromatic heterocycles.